The Labute approximate surface area is 139 Å². The summed E-state index contributed by atoms with van der Waals surface area (Å²) in [4.78, 5) is 20.9. The summed E-state index contributed by atoms with van der Waals surface area (Å²) in [5, 5.41) is 1.06. The fourth-order valence-corrected chi connectivity index (χ4v) is 4.86. The molecule has 0 N–H and O–H groups in total. The molecule has 118 valence electrons. The summed E-state index contributed by atoms with van der Waals surface area (Å²) in [5.41, 5.74) is 1.95. The first-order valence-corrected chi connectivity index (χ1v) is 9.43. The molecule has 1 amide bonds. The van der Waals surface area contributed by atoms with Gasteiger partial charge in [-0.1, -0.05) is 0 Å². The average Bonchev–Trinajstić information content (AvgIpc) is 3.13. The van der Waals surface area contributed by atoms with E-state index in [0.29, 0.717) is 12.6 Å². The van der Waals surface area contributed by atoms with Gasteiger partial charge in [-0.05, 0) is 44.3 Å². The van der Waals surface area contributed by atoms with Crippen LogP contribution in [0.4, 0.5) is 5.69 Å². The van der Waals surface area contributed by atoms with Crippen LogP contribution in [0.1, 0.15) is 11.4 Å². The lowest BCUT2D eigenvalue weighted by Gasteiger charge is -2.26. The van der Waals surface area contributed by atoms with Gasteiger partial charge >= 0.3 is 0 Å². The molecule has 2 aromatic rings. The van der Waals surface area contributed by atoms with E-state index in [1.165, 1.54) is 12.2 Å². The molecule has 1 atom stereocenters. The van der Waals surface area contributed by atoms with Crippen molar-refractivity contribution in [2.45, 2.75) is 19.4 Å². The zero-order valence-corrected chi connectivity index (χ0v) is 14.8. The molecule has 6 heteroatoms. The summed E-state index contributed by atoms with van der Waals surface area (Å²) in [6.45, 7) is 2.48. The Morgan fingerprint density at radius 2 is 2.23 bits per heavy atom. The fraction of sp³-hybridized carbons (Fsp3) is 0.500. The van der Waals surface area contributed by atoms with Gasteiger partial charge in [0.2, 0.25) is 5.91 Å². The highest BCUT2D eigenvalue weighted by Crippen LogP contribution is 2.26. The van der Waals surface area contributed by atoms with Crippen LogP contribution in [-0.2, 0) is 4.79 Å². The van der Waals surface area contributed by atoms with Crippen LogP contribution in [0.3, 0.4) is 0 Å². The van der Waals surface area contributed by atoms with Crippen LogP contribution < -0.4 is 4.90 Å². The van der Waals surface area contributed by atoms with Crippen molar-refractivity contribution in [2.75, 3.05) is 37.0 Å². The van der Waals surface area contributed by atoms with Gasteiger partial charge in [-0.3, -0.25) is 9.69 Å². The Hall–Kier alpha value is -1.11. The highest BCUT2D eigenvalue weighted by molar-refractivity contribution is 7.99. The average molecular weight is 335 g/mol. The van der Waals surface area contributed by atoms with E-state index in [9.17, 15) is 4.79 Å². The Bertz CT molecular complexity index is 679. The highest BCUT2D eigenvalue weighted by atomic mass is 32.2. The third kappa shape index (κ3) is 3.29. The second-order valence-corrected chi connectivity index (χ2v) is 8.15. The van der Waals surface area contributed by atoms with Crippen molar-refractivity contribution in [1.29, 1.82) is 0 Å². The first-order valence-electron chi connectivity index (χ1n) is 7.46. The number of hydrogen-bond donors (Lipinski definition) is 0. The molecule has 1 aromatic heterocycles. The van der Waals surface area contributed by atoms with Crippen molar-refractivity contribution >= 4 is 44.9 Å². The van der Waals surface area contributed by atoms with E-state index in [1.54, 1.807) is 16.2 Å². The van der Waals surface area contributed by atoms with Gasteiger partial charge in [-0.15, -0.1) is 11.3 Å². The van der Waals surface area contributed by atoms with E-state index in [0.717, 1.165) is 26.7 Å². The minimum absolute atomic E-state index is 0.139. The largest absolute Gasteiger partial charge is 0.314 e. The maximum absolute atomic E-state index is 12.5. The molecule has 0 aliphatic carbocycles. The molecule has 1 fully saturated rings. The second-order valence-electron chi connectivity index (χ2n) is 5.77. The van der Waals surface area contributed by atoms with Crippen molar-refractivity contribution < 1.29 is 4.79 Å². The van der Waals surface area contributed by atoms with Gasteiger partial charge in [-0.25, -0.2) is 4.98 Å². The van der Waals surface area contributed by atoms with Gasteiger partial charge in [0.25, 0.3) is 0 Å². The molecule has 1 aliphatic rings. The zero-order valence-electron chi connectivity index (χ0n) is 13.2. The number of fused-ring (bicyclic) bond motifs is 1. The van der Waals surface area contributed by atoms with Gasteiger partial charge in [0.1, 0.15) is 0 Å². The fourth-order valence-electron chi connectivity index (χ4n) is 2.70. The summed E-state index contributed by atoms with van der Waals surface area (Å²) >= 11 is 3.64. The Morgan fingerprint density at radius 1 is 1.41 bits per heavy atom. The molecule has 4 nitrogen and oxygen atoms in total. The second kappa shape index (κ2) is 6.56. The summed E-state index contributed by atoms with van der Waals surface area (Å²) < 4.78 is 1.13. The zero-order chi connectivity index (χ0) is 15.7. The molecule has 22 heavy (non-hydrogen) atoms. The number of carbonyl (C=O) groups is 1. The van der Waals surface area contributed by atoms with Crippen molar-refractivity contribution in [3.63, 3.8) is 0 Å². The number of thiazole rings is 1. The minimum Gasteiger partial charge on any atom is -0.314 e. The standard InChI is InChI=1S/C16H21N3OS2/c1-11-17-14-5-4-12(8-15(14)22-11)19(3)16(20)9-18(2)13-6-7-21-10-13/h4-5,8,13H,6-7,9-10H2,1-3H3/t13-/m1/s1. The molecule has 1 aromatic carbocycles. The number of carbonyl (C=O) groups excluding carboxylic acids is 1. The molecule has 0 radical (unpaired) electrons. The number of likely N-dealkylation sites (N-methyl/N-ethyl adjacent to an activating group) is 2. The summed E-state index contributed by atoms with van der Waals surface area (Å²) in [7, 11) is 3.91. The Morgan fingerprint density at radius 3 is 2.95 bits per heavy atom. The number of thioether (sulfide) groups is 1. The van der Waals surface area contributed by atoms with Gasteiger partial charge in [0.15, 0.2) is 0 Å². The van der Waals surface area contributed by atoms with E-state index in [-0.39, 0.29) is 5.91 Å². The van der Waals surface area contributed by atoms with Crippen LogP contribution in [0.2, 0.25) is 0 Å². The van der Waals surface area contributed by atoms with Crippen molar-refractivity contribution in [2.24, 2.45) is 0 Å². The van der Waals surface area contributed by atoms with Crippen LogP contribution in [0.25, 0.3) is 10.2 Å². The normalized spacial score (nSPS) is 18.3. The van der Waals surface area contributed by atoms with Crippen LogP contribution in [0.5, 0.6) is 0 Å². The van der Waals surface area contributed by atoms with Crippen LogP contribution in [-0.4, -0.2) is 54.0 Å². The first kappa shape index (κ1) is 15.8. The lowest BCUT2D eigenvalue weighted by Crippen LogP contribution is -2.41. The number of amides is 1. The molecule has 0 bridgehead atoms. The minimum atomic E-state index is 0.139. The third-order valence-corrected chi connectivity index (χ3v) is 6.23. The smallest absolute Gasteiger partial charge is 0.240 e. The van der Waals surface area contributed by atoms with Crippen LogP contribution in [0.15, 0.2) is 18.2 Å². The van der Waals surface area contributed by atoms with Crippen molar-refractivity contribution in [1.82, 2.24) is 9.88 Å². The van der Waals surface area contributed by atoms with E-state index in [2.05, 4.69) is 23.0 Å². The summed E-state index contributed by atoms with van der Waals surface area (Å²) in [5.74, 6) is 2.49. The molecule has 0 spiro atoms. The quantitative estimate of drug-likeness (QED) is 0.861. The van der Waals surface area contributed by atoms with Crippen molar-refractivity contribution in [3.05, 3.63) is 23.2 Å². The van der Waals surface area contributed by atoms with Gasteiger partial charge in [0.05, 0.1) is 21.8 Å². The Balaban J connectivity index is 1.70. The van der Waals surface area contributed by atoms with Crippen LogP contribution in [0, 0.1) is 6.92 Å². The van der Waals surface area contributed by atoms with Gasteiger partial charge < -0.3 is 4.90 Å². The van der Waals surface area contributed by atoms with Crippen molar-refractivity contribution in [3.8, 4) is 0 Å². The van der Waals surface area contributed by atoms with E-state index in [1.807, 2.05) is 37.9 Å². The maximum Gasteiger partial charge on any atom is 0.240 e. The van der Waals surface area contributed by atoms with Gasteiger partial charge in [-0.2, -0.15) is 11.8 Å². The van der Waals surface area contributed by atoms with Crippen LogP contribution >= 0.6 is 23.1 Å². The number of aromatic nitrogens is 1. The third-order valence-electron chi connectivity index (χ3n) is 4.15. The lowest BCUT2D eigenvalue weighted by atomic mass is 10.2. The number of aryl methyl sites for hydroxylation is 1. The molecular weight excluding hydrogens is 314 g/mol. The number of anilines is 1. The monoisotopic (exact) mass is 335 g/mol. The SMILES string of the molecule is Cc1nc2ccc(N(C)C(=O)CN(C)[C@@H]3CCSC3)cc2s1. The lowest BCUT2D eigenvalue weighted by molar-refractivity contribution is -0.119. The predicted molar refractivity (Wildman–Crippen MR) is 96.1 cm³/mol. The van der Waals surface area contributed by atoms with E-state index >= 15 is 0 Å². The number of benzene rings is 1. The first-order chi connectivity index (χ1) is 10.5. The number of nitrogens with zero attached hydrogens (tertiary/aromatic N) is 3. The van der Waals surface area contributed by atoms with E-state index in [4.69, 9.17) is 0 Å². The molecule has 1 aliphatic heterocycles. The molecule has 3 rings (SSSR count). The molecule has 2 heterocycles. The van der Waals surface area contributed by atoms with Gasteiger partial charge in [0, 0.05) is 24.5 Å². The summed E-state index contributed by atoms with van der Waals surface area (Å²) in [6, 6.07) is 6.57. The molecule has 0 saturated carbocycles. The Kier molecular flexibility index (Phi) is 4.70. The number of hydrogen-bond acceptors (Lipinski definition) is 5. The molecule has 1 saturated heterocycles. The molecule has 0 unspecified atom stereocenters. The molecular formula is C16H21N3OS2. The highest BCUT2D eigenvalue weighted by Gasteiger charge is 2.23. The maximum atomic E-state index is 12.5. The predicted octanol–water partition coefficient (Wildman–Crippen LogP) is 3.00. The summed E-state index contributed by atoms with van der Waals surface area (Å²) in [6.07, 6.45) is 1.18. The topological polar surface area (TPSA) is 36.4 Å². The van der Waals surface area contributed by atoms with E-state index < -0.39 is 0 Å². The number of rotatable bonds is 4.